The highest BCUT2D eigenvalue weighted by Crippen LogP contribution is 2.15. The highest BCUT2D eigenvalue weighted by atomic mass is 79.9. The number of rotatable bonds is 3. The Hall–Kier alpha value is -0.610. The highest BCUT2D eigenvalue weighted by molar-refractivity contribution is 9.18. The van der Waals surface area contributed by atoms with Crippen LogP contribution in [0.5, 0.6) is 0 Å². The van der Waals surface area contributed by atoms with E-state index in [4.69, 9.17) is 11.6 Å². The quantitative estimate of drug-likeness (QED) is 0.669. The highest BCUT2D eigenvalue weighted by Gasteiger charge is 2.01. The van der Waals surface area contributed by atoms with Crippen LogP contribution in [0.2, 0.25) is 5.02 Å². The average molecular weight is 281 g/mol. The molecule has 0 aliphatic rings. The molecule has 0 bridgehead atoms. The number of amides is 1. The molecular weight excluding hydrogens is 272 g/mol. The van der Waals surface area contributed by atoms with Crippen LogP contribution in [0.3, 0.4) is 0 Å². The van der Waals surface area contributed by atoms with Gasteiger partial charge in [-0.15, -0.1) is 0 Å². The van der Waals surface area contributed by atoms with Crippen molar-refractivity contribution >= 4 is 32.3 Å². The Labute approximate surface area is 94.6 Å². The van der Waals surface area contributed by atoms with Gasteiger partial charge in [0.2, 0.25) is 0 Å². The molecule has 0 aromatic heterocycles. The minimum absolute atomic E-state index is 0.104. The third-order valence-corrected chi connectivity index (χ3v) is 2.23. The molecule has 0 heterocycles. The zero-order chi connectivity index (χ0) is 10.6. The molecule has 1 amide bonds. The number of hydrogen-bond acceptors (Lipinski definition) is 1. The monoisotopic (exact) mass is 279 g/mol. The van der Waals surface area contributed by atoms with Gasteiger partial charge in [0.25, 0.3) is 4.82 Å². The van der Waals surface area contributed by atoms with E-state index < -0.39 is 5.82 Å². The van der Waals surface area contributed by atoms with Crippen LogP contribution in [-0.4, -0.2) is 11.4 Å². The van der Waals surface area contributed by atoms with E-state index in [0.717, 1.165) is 5.56 Å². The lowest BCUT2D eigenvalue weighted by Crippen LogP contribution is -2.18. The first-order chi connectivity index (χ1) is 6.59. The molecule has 1 aromatic rings. The van der Waals surface area contributed by atoms with Crippen molar-refractivity contribution in [2.24, 2.45) is 0 Å². The lowest BCUT2D eigenvalue weighted by atomic mass is 10.1. The number of hydrogen-bond donors (Lipinski definition) is 1. The molecule has 0 aliphatic heterocycles. The first-order valence-electron chi connectivity index (χ1n) is 3.97. The van der Waals surface area contributed by atoms with Gasteiger partial charge in [-0.1, -0.05) is 17.7 Å². The minimum Gasteiger partial charge on any atom is -0.346 e. The van der Waals surface area contributed by atoms with Gasteiger partial charge in [-0.05, 0) is 24.1 Å². The van der Waals surface area contributed by atoms with Crippen LogP contribution in [0, 0.1) is 5.82 Å². The number of nitrogens with one attached hydrogen (secondary N) is 1. The molecule has 0 saturated heterocycles. The summed E-state index contributed by atoms with van der Waals surface area (Å²) < 4.78 is 12.7. The SMILES string of the molecule is O=C(Br)NCCc1ccc(F)c(Cl)c1. The summed E-state index contributed by atoms with van der Waals surface area (Å²) in [5.74, 6) is -0.431. The summed E-state index contributed by atoms with van der Waals surface area (Å²) in [6.07, 6.45) is 0.622. The van der Waals surface area contributed by atoms with E-state index in [1.165, 1.54) is 6.07 Å². The van der Waals surface area contributed by atoms with Gasteiger partial charge in [0.05, 0.1) is 5.02 Å². The minimum atomic E-state index is -0.431. The van der Waals surface area contributed by atoms with Gasteiger partial charge < -0.3 is 5.32 Å². The van der Waals surface area contributed by atoms with Crippen LogP contribution in [0.1, 0.15) is 5.56 Å². The molecule has 14 heavy (non-hydrogen) atoms. The van der Waals surface area contributed by atoms with Crippen LogP contribution in [0.4, 0.5) is 9.18 Å². The summed E-state index contributed by atoms with van der Waals surface area (Å²) in [6, 6.07) is 4.51. The maximum Gasteiger partial charge on any atom is 0.287 e. The van der Waals surface area contributed by atoms with Gasteiger partial charge in [-0.3, -0.25) is 4.79 Å². The summed E-state index contributed by atoms with van der Waals surface area (Å²) >= 11 is 8.32. The molecular formula is C9H8BrClFNO. The van der Waals surface area contributed by atoms with Gasteiger partial charge >= 0.3 is 0 Å². The van der Waals surface area contributed by atoms with Crippen LogP contribution < -0.4 is 5.32 Å². The van der Waals surface area contributed by atoms with Crippen molar-refractivity contribution in [1.29, 1.82) is 0 Å². The fourth-order valence-corrected chi connectivity index (χ4v) is 1.40. The van der Waals surface area contributed by atoms with E-state index in [2.05, 4.69) is 21.2 Å². The maximum absolute atomic E-state index is 12.7. The van der Waals surface area contributed by atoms with E-state index in [1.54, 1.807) is 12.1 Å². The van der Waals surface area contributed by atoms with E-state index in [9.17, 15) is 9.18 Å². The van der Waals surface area contributed by atoms with Crippen LogP contribution in [0.15, 0.2) is 18.2 Å². The topological polar surface area (TPSA) is 29.1 Å². The molecule has 0 aliphatic carbocycles. The Morgan fingerprint density at radius 2 is 2.29 bits per heavy atom. The Morgan fingerprint density at radius 3 is 2.86 bits per heavy atom. The van der Waals surface area contributed by atoms with Crippen molar-refractivity contribution in [3.63, 3.8) is 0 Å². The van der Waals surface area contributed by atoms with E-state index in [-0.39, 0.29) is 9.84 Å². The molecule has 1 rings (SSSR count). The summed E-state index contributed by atoms with van der Waals surface area (Å²) in [7, 11) is 0. The fourth-order valence-electron chi connectivity index (χ4n) is 1.00. The number of halogens is 3. The first kappa shape index (κ1) is 11.5. The lowest BCUT2D eigenvalue weighted by molar-refractivity contribution is 0.262. The molecule has 1 aromatic carbocycles. The van der Waals surface area contributed by atoms with Gasteiger partial charge in [0, 0.05) is 22.5 Å². The Kier molecular flexibility index (Phi) is 4.35. The van der Waals surface area contributed by atoms with Crippen molar-refractivity contribution in [2.75, 3.05) is 6.54 Å². The largest absolute Gasteiger partial charge is 0.346 e. The van der Waals surface area contributed by atoms with Gasteiger partial charge in [0.1, 0.15) is 5.82 Å². The van der Waals surface area contributed by atoms with E-state index in [1.807, 2.05) is 0 Å². The molecule has 0 unspecified atom stereocenters. The molecule has 2 nitrogen and oxygen atoms in total. The van der Waals surface area contributed by atoms with Crippen molar-refractivity contribution in [3.05, 3.63) is 34.6 Å². The molecule has 0 radical (unpaired) electrons. The number of carbonyl (C=O) groups is 1. The number of benzene rings is 1. The second-order valence-electron chi connectivity index (χ2n) is 2.70. The first-order valence-corrected chi connectivity index (χ1v) is 5.14. The summed E-state index contributed by atoms with van der Waals surface area (Å²) in [6.45, 7) is 0.492. The van der Waals surface area contributed by atoms with E-state index in [0.29, 0.717) is 13.0 Å². The molecule has 76 valence electrons. The Balaban J connectivity index is 2.51. The molecule has 1 N–H and O–H groups in total. The zero-order valence-corrected chi connectivity index (χ0v) is 9.53. The van der Waals surface area contributed by atoms with Gasteiger partial charge in [-0.2, -0.15) is 0 Å². The summed E-state index contributed by atoms with van der Waals surface area (Å²) in [4.78, 5) is 10.2. The smallest absolute Gasteiger partial charge is 0.287 e. The van der Waals surface area contributed by atoms with Crippen LogP contribution in [0.25, 0.3) is 0 Å². The summed E-state index contributed by atoms with van der Waals surface area (Å²) in [5, 5.41) is 2.67. The molecule has 0 fully saturated rings. The van der Waals surface area contributed by atoms with Gasteiger partial charge in [-0.25, -0.2) is 4.39 Å². The van der Waals surface area contributed by atoms with Crippen molar-refractivity contribution in [1.82, 2.24) is 5.32 Å². The van der Waals surface area contributed by atoms with Crippen molar-refractivity contribution in [3.8, 4) is 0 Å². The van der Waals surface area contributed by atoms with Crippen molar-refractivity contribution < 1.29 is 9.18 Å². The van der Waals surface area contributed by atoms with Crippen LogP contribution in [-0.2, 0) is 6.42 Å². The van der Waals surface area contributed by atoms with Crippen LogP contribution >= 0.6 is 27.5 Å². The normalized spacial score (nSPS) is 9.93. The average Bonchev–Trinajstić information content (AvgIpc) is 2.10. The van der Waals surface area contributed by atoms with E-state index >= 15 is 0 Å². The molecule has 0 atom stereocenters. The summed E-state index contributed by atoms with van der Waals surface area (Å²) in [5.41, 5.74) is 0.887. The predicted octanol–water partition coefficient (Wildman–Crippen LogP) is 3.13. The second-order valence-corrected chi connectivity index (χ2v) is 3.83. The lowest BCUT2D eigenvalue weighted by Gasteiger charge is -2.02. The molecule has 0 saturated carbocycles. The number of carbonyl (C=O) groups excluding carboxylic acids is 1. The molecule has 0 spiro atoms. The van der Waals surface area contributed by atoms with Gasteiger partial charge in [0.15, 0.2) is 0 Å². The maximum atomic E-state index is 12.7. The third-order valence-electron chi connectivity index (χ3n) is 1.66. The standard InChI is InChI=1S/C9H8BrClFNO/c10-9(14)13-4-3-6-1-2-8(12)7(11)5-6/h1-2,5H,3-4H2,(H,13,14). The zero-order valence-electron chi connectivity index (χ0n) is 7.19. The molecule has 5 heteroatoms. The second kappa shape index (κ2) is 5.32. The third kappa shape index (κ3) is 3.64. The fraction of sp³-hybridized carbons (Fsp3) is 0.222. The predicted molar refractivity (Wildman–Crippen MR) is 57.4 cm³/mol. The van der Waals surface area contributed by atoms with Crippen molar-refractivity contribution in [2.45, 2.75) is 6.42 Å². The Bertz CT molecular complexity index is 346. The Morgan fingerprint density at radius 1 is 1.57 bits per heavy atom.